The van der Waals surface area contributed by atoms with Crippen molar-refractivity contribution >= 4 is 5.97 Å². The number of carbonyl (C=O) groups is 1. The number of methoxy groups -OCH3 is 1. The first-order valence-electron chi connectivity index (χ1n) is 7.39. The number of rotatable bonds is 7. The molecular formula is C16H23NO4. The summed E-state index contributed by atoms with van der Waals surface area (Å²) in [5.74, 6) is 0.743. The number of aliphatic carboxylic acids is 1. The van der Waals surface area contributed by atoms with Gasteiger partial charge in [0.25, 0.3) is 0 Å². The zero-order chi connectivity index (χ0) is 15.3. The molecule has 1 aromatic rings. The second-order valence-corrected chi connectivity index (χ2v) is 5.47. The first-order chi connectivity index (χ1) is 10.1. The zero-order valence-corrected chi connectivity index (χ0v) is 12.6. The van der Waals surface area contributed by atoms with Gasteiger partial charge in [0, 0.05) is 6.42 Å². The van der Waals surface area contributed by atoms with Crippen molar-refractivity contribution in [3.8, 4) is 11.5 Å². The Balaban J connectivity index is 1.98. The minimum Gasteiger partial charge on any atom is -0.497 e. The Bertz CT molecular complexity index is 474. The molecule has 1 aromatic carbocycles. The van der Waals surface area contributed by atoms with Crippen molar-refractivity contribution in [2.45, 2.75) is 44.2 Å². The predicted molar refractivity (Wildman–Crippen MR) is 79.9 cm³/mol. The molecule has 0 aliphatic heterocycles. The van der Waals surface area contributed by atoms with Crippen LogP contribution in [0.1, 0.15) is 32.6 Å². The SMILES string of the molecule is CCCNC1(C(=O)O)CCC(Oc2ccc(OC)cc2)C1. The Labute approximate surface area is 125 Å². The lowest BCUT2D eigenvalue weighted by Gasteiger charge is -2.25. The molecule has 1 fully saturated rings. The number of nitrogens with one attached hydrogen (secondary N) is 1. The summed E-state index contributed by atoms with van der Waals surface area (Å²) in [6.45, 7) is 2.74. The van der Waals surface area contributed by atoms with Gasteiger partial charge in [0.15, 0.2) is 0 Å². The maximum absolute atomic E-state index is 11.6. The van der Waals surface area contributed by atoms with Crippen LogP contribution < -0.4 is 14.8 Å². The lowest BCUT2D eigenvalue weighted by atomic mass is 9.97. The van der Waals surface area contributed by atoms with Crippen molar-refractivity contribution in [1.82, 2.24) is 5.32 Å². The standard InChI is InChI=1S/C16H23NO4/c1-3-10-17-16(15(18)19)9-8-14(11-16)21-13-6-4-12(20-2)5-7-13/h4-7,14,17H,3,8-11H2,1-2H3,(H,18,19). The molecule has 2 N–H and O–H groups in total. The molecule has 2 unspecified atom stereocenters. The van der Waals surface area contributed by atoms with E-state index in [0.29, 0.717) is 19.4 Å². The predicted octanol–water partition coefficient (Wildman–Crippen LogP) is 2.45. The van der Waals surface area contributed by atoms with Crippen LogP contribution in [0.5, 0.6) is 11.5 Å². The average Bonchev–Trinajstić information content (AvgIpc) is 2.90. The summed E-state index contributed by atoms with van der Waals surface area (Å²) >= 11 is 0. The second-order valence-electron chi connectivity index (χ2n) is 5.47. The molecule has 0 aromatic heterocycles. The van der Waals surface area contributed by atoms with Crippen LogP contribution in [0, 0.1) is 0 Å². The third-order valence-corrected chi connectivity index (χ3v) is 3.95. The summed E-state index contributed by atoms with van der Waals surface area (Å²) in [5.41, 5.74) is -0.840. The van der Waals surface area contributed by atoms with Crippen LogP contribution >= 0.6 is 0 Å². The molecule has 0 spiro atoms. The molecule has 0 heterocycles. The van der Waals surface area contributed by atoms with Gasteiger partial charge in [-0.3, -0.25) is 4.79 Å². The van der Waals surface area contributed by atoms with Crippen molar-refractivity contribution in [3.05, 3.63) is 24.3 Å². The molecular weight excluding hydrogens is 270 g/mol. The topological polar surface area (TPSA) is 67.8 Å². The van der Waals surface area contributed by atoms with E-state index in [0.717, 1.165) is 24.3 Å². The fourth-order valence-corrected chi connectivity index (χ4v) is 2.74. The summed E-state index contributed by atoms with van der Waals surface area (Å²) in [5, 5.41) is 12.7. The number of carboxylic acid groups (broad SMARTS) is 1. The van der Waals surface area contributed by atoms with Gasteiger partial charge < -0.3 is 19.9 Å². The molecule has 0 bridgehead atoms. The molecule has 5 nitrogen and oxygen atoms in total. The van der Waals surface area contributed by atoms with Gasteiger partial charge in [-0.05, 0) is 50.1 Å². The highest BCUT2D eigenvalue weighted by Crippen LogP contribution is 2.33. The molecule has 2 atom stereocenters. The maximum Gasteiger partial charge on any atom is 0.324 e. The summed E-state index contributed by atoms with van der Waals surface area (Å²) in [6.07, 6.45) is 2.69. The van der Waals surface area contributed by atoms with Gasteiger partial charge in [-0.2, -0.15) is 0 Å². The third-order valence-electron chi connectivity index (χ3n) is 3.95. The lowest BCUT2D eigenvalue weighted by Crippen LogP contribution is -2.50. The molecule has 1 aliphatic carbocycles. The molecule has 1 saturated carbocycles. The number of benzene rings is 1. The van der Waals surface area contributed by atoms with E-state index in [2.05, 4.69) is 5.32 Å². The van der Waals surface area contributed by atoms with Gasteiger partial charge in [0.05, 0.1) is 7.11 Å². The fraction of sp³-hybridized carbons (Fsp3) is 0.562. The number of ether oxygens (including phenoxy) is 2. The van der Waals surface area contributed by atoms with Crippen LogP contribution in [-0.4, -0.2) is 36.4 Å². The van der Waals surface area contributed by atoms with Crippen LogP contribution in [0.2, 0.25) is 0 Å². The number of hydrogen-bond acceptors (Lipinski definition) is 4. The normalized spacial score (nSPS) is 24.8. The molecule has 116 valence electrons. The van der Waals surface area contributed by atoms with Crippen molar-refractivity contribution in [2.24, 2.45) is 0 Å². The van der Waals surface area contributed by atoms with Crippen LogP contribution in [0.15, 0.2) is 24.3 Å². The monoisotopic (exact) mass is 293 g/mol. The maximum atomic E-state index is 11.6. The Kier molecular flexibility index (Phi) is 5.07. The molecule has 0 amide bonds. The summed E-state index contributed by atoms with van der Waals surface area (Å²) in [4.78, 5) is 11.6. The van der Waals surface area contributed by atoms with Crippen LogP contribution in [0.25, 0.3) is 0 Å². The summed E-state index contributed by atoms with van der Waals surface area (Å²) in [7, 11) is 1.62. The molecule has 0 radical (unpaired) electrons. The second kappa shape index (κ2) is 6.80. The average molecular weight is 293 g/mol. The highest BCUT2D eigenvalue weighted by Gasteiger charge is 2.46. The molecule has 0 saturated heterocycles. The van der Waals surface area contributed by atoms with E-state index in [1.54, 1.807) is 7.11 Å². The molecule has 21 heavy (non-hydrogen) atoms. The fourth-order valence-electron chi connectivity index (χ4n) is 2.74. The van der Waals surface area contributed by atoms with Gasteiger partial charge in [-0.15, -0.1) is 0 Å². The Morgan fingerprint density at radius 2 is 2.05 bits per heavy atom. The van der Waals surface area contributed by atoms with Crippen molar-refractivity contribution in [1.29, 1.82) is 0 Å². The van der Waals surface area contributed by atoms with Gasteiger partial charge in [0.1, 0.15) is 23.1 Å². The van der Waals surface area contributed by atoms with Crippen LogP contribution in [-0.2, 0) is 4.79 Å². The third kappa shape index (κ3) is 3.67. The smallest absolute Gasteiger partial charge is 0.324 e. The zero-order valence-electron chi connectivity index (χ0n) is 12.6. The van der Waals surface area contributed by atoms with E-state index in [4.69, 9.17) is 9.47 Å². The first kappa shape index (κ1) is 15.6. The highest BCUT2D eigenvalue weighted by molar-refractivity contribution is 5.79. The van der Waals surface area contributed by atoms with E-state index in [-0.39, 0.29) is 6.10 Å². The first-order valence-corrected chi connectivity index (χ1v) is 7.39. The highest BCUT2D eigenvalue weighted by atomic mass is 16.5. The van der Waals surface area contributed by atoms with Crippen molar-refractivity contribution < 1.29 is 19.4 Å². The largest absolute Gasteiger partial charge is 0.497 e. The summed E-state index contributed by atoms with van der Waals surface area (Å²) in [6, 6.07) is 7.37. The van der Waals surface area contributed by atoms with Crippen molar-refractivity contribution in [3.63, 3.8) is 0 Å². The lowest BCUT2D eigenvalue weighted by molar-refractivity contribution is -0.144. The van der Waals surface area contributed by atoms with E-state index in [1.807, 2.05) is 31.2 Å². The van der Waals surface area contributed by atoms with Crippen molar-refractivity contribution in [2.75, 3.05) is 13.7 Å². The molecule has 2 rings (SSSR count). The van der Waals surface area contributed by atoms with Gasteiger partial charge >= 0.3 is 5.97 Å². The quantitative estimate of drug-likeness (QED) is 0.808. The molecule has 5 heteroatoms. The van der Waals surface area contributed by atoms with E-state index in [1.165, 1.54) is 0 Å². The minimum absolute atomic E-state index is 0.0705. The Morgan fingerprint density at radius 1 is 1.38 bits per heavy atom. The number of hydrogen-bond donors (Lipinski definition) is 2. The van der Waals surface area contributed by atoms with Gasteiger partial charge in [-0.25, -0.2) is 0 Å². The molecule has 1 aliphatic rings. The Hall–Kier alpha value is -1.75. The Morgan fingerprint density at radius 3 is 2.62 bits per heavy atom. The van der Waals surface area contributed by atoms with Gasteiger partial charge in [-0.1, -0.05) is 6.92 Å². The summed E-state index contributed by atoms with van der Waals surface area (Å²) < 4.78 is 11.0. The van der Waals surface area contributed by atoms with E-state index >= 15 is 0 Å². The number of carboxylic acids is 1. The van der Waals surface area contributed by atoms with Crippen LogP contribution in [0.4, 0.5) is 0 Å². The van der Waals surface area contributed by atoms with Gasteiger partial charge in [0.2, 0.25) is 0 Å². The minimum atomic E-state index is -0.840. The van der Waals surface area contributed by atoms with E-state index in [9.17, 15) is 9.90 Å². The van der Waals surface area contributed by atoms with Crippen LogP contribution in [0.3, 0.4) is 0 Å². The van der Waals surface area contributed by atoms with E-state index < -0.39 is 11.5 Å².